The number of nitrogens with zero attached hydrogens (tertiary/aromatic N) is 1. The Morgan fingerprint density at radius 2 is 1.95 bits per heavy atom. The third kappa shape index (κ3) is 3.23. The molecule has 1 aromatic carbocycles. The van der Waals surface area contributed by atoms with E-state index >= 15 is 0 Å². The number of nitrogens with two attached hydrogens (primary N) is 1. The molecular formula is C15H18N2O2. The van der Waals surface area contributed by atoms with Gasteiger partial charge in [0, 0.05) is 18.4 Å². The fraction of sp³-hybridized carbons (Fsp3) is 0.267. The molecule has 0 saturated heterocycles. The third-order valence-corrected chi connectivity index (χ3v) is 3.02. The molecule has 0 aliphatic rings. The van der Waals surface area contributed by atoms with Crippen LogP contribution in [0.4, 0.5) is 0 Å². The van der Waals surface area contributed by atoms with E-state index in [0.29, 0.717) is 0 Å². The summed E-state index contributed by atoms with van der Waals surface area (Å²) in [7, 11) is 3.25. The molecule has 1 atom stereocenters. The fourth-order valence-corrected chi connectivity index (χ4v) is 1.97. The molecule has 0 amide bonds. The summed E-state index contributed by atoms with van der Waals surface area (Å²) in [6.07, 6.45) is 4.27. The minimum atomic E-state index is -0.0770. The molecule has 4 heteroatoms. The summed E-state index contributed by atoms with van der Waals surface area (Å²) in [5.41, 5.74) is 8.31. The summed E-state index contributed by atoms with van der Waals surface area (Å²) >= 11 is 0. The standard InChI is InChI=1S/C15H18N2O2/c1-18-14-6-5-11(9-15(14)19-2)8-13(16)12-4-3-7-17-10-12/h3-7,9-10,13H,8,16H2,1-2H3. The van der Waals surface area contributed by atoms with Crippen LogP contribution in [-0.4, -0.2) is 19.2 Å². The van der Waals surface area contributed by atoms with E-state index in [4.69, 9.17) is 15.2 Å². The summed E-state index contributed by atoms with van der Waals surface area (Å²) in [5, 5.41) is 0. The van der Waals surface area contributed by atoms with E-state index in [0.717, 1.165) is 29.0 Å². The lowest BCUT2D eigenvalue weighted by molar-refractivity contribution is 0.354. The zero-order valence-electron chi connectivity index (χ0n) is 11.2. The van der Waals surface area contributed by atoms with Crippen LogP contribution in [0.2, 0.25) is 0 Å². The Kier molecular flexibility index (Phi) is 4.36. The van der Waals surface area contributed by atoms with Crippen LogP contribution in [0.5, 0.6) is 11.5 Å². The van der Waals surface area contributed by atoms with E-state index < -0.39 is 0 Å². The van der Waals surface area contributed by atoms with Gasteiger partial charge in [0.2, 0.25) is 0 Å². The van der Waals surface area contributed by atoms with Crippen molar-refractivity contribution in [3.63, 3.8) is 0 Å². The molecule has 0 saturated carbocycles. The van der Waals surface area contributed by atoms with Crippen molar-refractivity contribution in [2.45, 2.75) is 12.5 Å². The van der Waals surface area contributed by atoms with Crippen LogP contribution in [0.25, 0.3) is 0 Å². The number of hydrogen-bond donors (Lipinski definition) is 1. The van der Waals surface area contributed by atoms with E-state index in [1.807, 2.05) is 30.3 Å². The van der Waals surface area contributed by atoms with Gasteiger partial charge in [-0.25, -0.2) is 0 Å². The predicted octanol–water partition coefficient (Wildman–Crippen LogP) is 2.34. The number of hydrogen-bond acceptors (Lipinski definition) is 4. The number of methoxy groups -OCH3 is 2. The quantitative estimate of drug-likeness (QED) is 0.894. The minimum absolute atomic E-state index is 0.0770. The second-order valence-electron chi connectivity index (χ2n) is 4.29. The Balaban J connectivity index is 2.15. The molecule has 1 aromatic heterocycles. The van der Waals surface area contributed by atoms with Crippen molar-refractivity contribution >= 4 is 0 Å². The summed E-state index contributed by atoms with van der Waals surface area (Å²) in [6.45, 7) is 0. The number of aromatic nitrogens is 1. The second-order valence-corrected chi connectivity index (χ2v) is 4.29. The molecule has 0 bridgehead atoms. The maximum absolute atomic E-state index is 6.18. The van der Waals surface area contributed by atoms with Crippen molar-refractivity contribution in [3.05, 3.63) is 53.9 Å². The van der Waals surface area contributed by atoms with Crippen LogP contribution in [0.3, 0.4) is 0 Å². The van der Waals surface area contributed by atoms with Gasteiger partial charge in [0.15, 0.2) is 11.5 Å². The van der Waals surface area contributed by atoms with Gasteiger partial charge in [-0.2, -0.15) is 0 Å². The monoisotopic (exact) mass is 258 g/mol. The summed E-state index contributed by atoms with van der Waals surface area (Å²) in [5.74, 6) is 1.44. The van der Waals surface area contributed by atoms with Gasteiger partial charge in [0.25, 0.3) is 0 Å². The van der Waals surface area contributed by atoms with E-state index in [-0.39, 0.29) is 6.04 Å². The number of ether oxygens (including phenoxy) is 2. The normalized spacial score (nSPS) is 11.9. The first-order chi connectivity index (χ1) is 9.24. The molecule has 2 N–H and O–H groups in total. The fourth-order valence-electron chi connectivity index (χ4n) is 1.97. The molecule has 2 rings (SSSR count). The Hall–Kier alpha value is -2.07. The van der Waals surface area contributed by atoms with Gasteiger partial charge in [0.05, 0.1) is 14.2 Å². The van der Waals surface area contributed by atoms with Crippen LogP contribution in [0, 0.1) is 0 Å². The van der Waals surface area contributed by atoms with Crippen LogP contribution in [-0.2, 0) is 6.42 Å². The number of pyridine rings is 1. The van der Waals surface area contributed by atoms with Crippen molar-refractivity contribution in [2.75, 3.05) is 14.2 Å². The highest BCUT2D eigenvalue weighted by atomic mass is 16.5. The molecule has 19 heavy (non-hydrogen) atoms. The molecular weight excluding hydrogens is 240 g/mol. The van der Waals surface area contributed by atoms with Crippen molar-refractivity contribution in [1.82, 2.24) is 4.98 Å². The van der Waals surface area contributed by atoms with Crippen molar-refractivity contribution in [3.8, 4) is 11.5 Å². The molecule has 2 aromatic rings. The minimum Gasteiger partial charge on any atom is -0.493 e. The molecule has 0 aliphatic heterocycles. The molecule has 4 nitrogen and oxygen atoms in total. The van der Waals surface area contributed by atoms with Crippen molar-refractivity contribution in [2.24, 2.45) is 5.73 Å². The van der Waals surface area contributed by atoms with E-state index in [1.54, 1.807) is 26.6 Å². The molecule has 0 spiro atoms. The maximum Gasteiger partial charge on any atom is 0.160 e. The summed E-state index contributed by atoms with van der Waals surface area (Å²) < 4.78 is 10.5. The van der Waals surface area contributed by atoms with Gasteiger partial charge >= 0.3 is 0 Å². The Labute approximate surface area is 113 Å². The molecule has 1 unspecified atom stereocenters. The summed E-state index contributed by atoms with van der Waals surface area (Å²) in [6, 6.07) is 9.64. The van der Waals surface area contributed by atoms with Crippen LogP contribution < -0.4 is 15.2 Å². The second kappa shape index (κ2) is 6.20. The van der Waals surface area contributed by atoms with Gasteiger partial charge in [-0.3, -0.25) is 4.98 Å². The van der Waals surface area contributed by atoms with Crippen LogP contribution in [0.15, 0.2) is 42.7 Å². The van der Waals surface area contributed by atoms with Crippen molar-refractivity contribution in [1.29, 1.82) is 0 Å². The largest absolute Gasteiger partial charge is 0.493 e. The highest BCUT2D eigenvalue weighted by Crippen LogP contribution is 2.29. The lowest BCUT2D eigenvalue weighted by Gasteiger charge is -2.13. The summed E-state index contributed by atoms with van der Waals surface area (Å²) in [4.78, 5) is 4.08. The van der Waals surface area contributed by atoms with E-state index in [1.165, 1.54) is 0 Å². The molecule has 1 heterocycles. The molecule has 0 radical (unpaired) electrons. The topological polar surface area (TPSA) is 57.4 Å². The Bertz CT molecular complexity index is 529. The maximum atomic E-state index is 6.18. The zero-order valence-corrected chi connectivity index (χ0v) is 11.2. The van der Waals surface area contributed by atoms with Crippen LogP contribution in [0.1, 0.15) is 17.2 Å². The van der Waals surface area contributed by atoms with Gasteiger partial charge in [-0.05, 0) is 35.7 Å². The number of benzene rings is 1. The Morgan fingerprint density at radius 1 is 1.16 bits per heavy atom. The SMILES string of the molecule is COc1ccc(CC(N)c2cccnc2)cc1OC. The third-order valence-electron chi connectivity index (χ3n) is 3.02. The molecule has 100 valence electrons. The Morgan fingerprint density at radius 3 is 2.58 bits per heavy atom. The average Bonchev–Trinajstić information content (AvgIpc) is 2.48. The smallest absolute Gasteiger partial charge is 0.160 e. The molecule has 0 fully saturated rings. The van der Waals surface area contributed by atoms with E-state index in [9.17, 15) is 0 Å². The van der Waals surface area contributed by atoms with E-state index in [2.05, 4.69) is 4.98 Å². The van der Waals surface area contributed by atoms with Crippen molar-refractivity contribution < 1.29 is 9.47 Å². The van der Waals surface area contributed by atoms with Crippen LogP contribution >= 0.6 is 0 Å². The van der Waals surface area contributed by atoms with Gasteiger partial charge in [-0.1, -0.05) is 12.1 Å². The highest BCUT2D eigenvalue weighted by molar-refractivity contribution is 5.43. The zero-order chi connectivity index (χ0) is 13.7. The molecule has 0 aliphatic carbocycles. The van der Waals surface area contributed by atoms with Gasteiger partial charge in [0.1, 0.15) is 0 Å². The number of rotatable bonds is 5. The first-order valence-corrected chi connectivity index (χ1v) is 6.11. The lowest BCUT2D eigenvalue weighted by atomic mass is 10.0. The first-order valence-electron chi connectivity index (χ1n) is 6.11. The highest BCUT2D eigenvalue weighted by Gasteiger charge is 2.10. The lowest BCUT2D eigenvalue weighted by Crippen LogP contribution is -2.13. The predicted molar refractivity (Wildman–Crippen MR) is 74.4 cm³/mol. The average molecular weight is 258 g/mol. The van der Waals surface area contributed by atoms with Gasteiger partial charge < -0.3 is 15.2 Å². The van der Waals surface area contributed by atoms with Gasteiger partial charge in [-0.15, -0.1) is 0 Å². The first kappa shape index (κ1) is 13.4.